The number of benzene rings is 1. The maximum Gasteiger partial charge on any atom is 0.227 e. The highest BCUT2D eigenvalue weighted by Gasteiger charge is 2.32. The van der Waals surface area contributed by atoms with Crippen molar-refractivity contribution in [1.29, 1.82) is 0 Å². The predicted molar refractivity (Wildman–Crippen MR) is 88.4 cm³/mol. The number of likely N-dealkylation sites (N-methyl/N-ethyl adjacent to an activating group) is 2. The van der Waals surface area contributed by atoms with Crippen molar-refractivity contribution in [3.05, 3.63) is 35.4 Å². The van der Waals surface area contributed by atoms with Crippen molar-refractivity contribution in [3.8, 4) is 0 Å². The van der Waals surface area contributed by atoms with E-state index < -0.39 is 0 Å². The van der Waals surface area contributed by atoms with E-state index in [9.17, 15) is 4.79 Å². The lowest BCUT2D eigenvalue weighted by atomic mass is 10.00. The number of carbonyl (C=O) groups is 1. The maximum atomic E-state index is 12.9. The number of hydrogen-bond acceptors (Lipinski definition) is 3. The monoisotopic (exact) mass is 301 g/mol. The second-order valence-corrected chi connectivity index (χ2v) is 7.08. The molecule has 1 aromatic rings. The molecule has 0 aromatic heterocycles. The van der Waals surface area contributed by atoms with E-state index in [0.717, 1.165) is 39.0 Å². The van der Waals surface area contributed by atoms with Gasteiger partial charge in [0.2, 0.25) is 5.91 Å². The molecule has 1 fully saturated rings. The Labute approximate surface area is 133 Å². The number of fused-ring (bicyclic) bond motifs is 1. The second kappa shape index (κ2) is 6.39. The summed E-state index contributed by atoms with van der Waals surface area (Å²) in [7, 11) is 6.41. The second-order valence-electron chi connectivity index (χ2n) is 7.08. The Kier molecular flexibility index (Phi) is 4.50. The first-order valence-corrected chi connectivity index (χ1v) is 8.25. The molecule has 0 unspecified atom stereocenters. The molecule has 0 N–H and O–H groups in total. The fraction of sp³-hybridized carbons (Fsp3) is 0.611. The number of hydrogen-bond donors (Lipinski definition) is 0. The molecule has 0 spiro atoms. The molecule has 4 heteroatoms. The molecular weight excluding hydrogens is 274 g/mol. The van der Waals surface area contributed by atoms with Crippen molar-refractivity contribution in [2.75, 3.05) is 34.2 Å². The third-order valence-electron chi connectivity index (χ3n) is 5.13. The van der Waals surface area contributed by atoms with Gasteiger partial charge < -0.3 is 14.7 Å². The lowest BCUT2D eigenvalue weighted by Gasteiger charge is -2.26. The molecule has 2 atom stereocenters. The predicted octanol–water partition coefficient (Wildman–Crippen LogP) is 1.80. The normalized spacial score (nSPS) is 26.1. The number of likely N-dealkylation sites (tertiary alicyclic amines) is 1. The lowest BCUT2D eigenvalue weighted by molar-refractivity contribution is -0.136. The summed E-state index contributed by atoms with van der Waals surface area (Å²) in [6.45, 7) is 3.51. The van der Waals surface area contributed by atoms with Crippen LogP contribution in [0.3, 0.4) is 0 Å². The average Bonchev–Trinajstić information content (AvgIpc) is 2.82. The van der Waals surface area contributed by atoms with Crippen molar-refractivity contribution in [2.24, 2.45) is 5.92 Å². The van der Waals surface area contributed by atoms with Crippen molar-refractivity contribution < 1.29 is 4.79 Å². The van der Waals surface area contributed by atoms with Crippen LogP contribution in [0.2, 0.25) is 0 Å². The van der Waals surface area contributed by atoms with Crippen molar-refractivity contribution in [2.45, 2.75) is 32.0 Å². The van der Waals surface area contributed by atoms with Crippen LogP contribution in [0.25, 0.3) is 0 Å². The Hall–Kier alpha value is -1.39. The van der Waals surface area contributed by atoms with E-state index in [2.05, 4.69) is 55.2 Å². The molecule has 1 amide bonds. The van der Waals surface area contributed by atoms with Gasteiger partial charge in [0.15, 0.2) is 0 Å². The van der Waals surface area contributed by atoms with Gasteiger partial charge in [-0.15, -0.1) is 0 Å². The Balaban J connectivity index is 1.66. The van der Waals surface area contributed by atoms with Crippen LogP contribution in [0.5, 0.6) is 0 Å². The van der Waals surface area contributed by atoms with Gasteiger partial charge in [0, 0.05) is 32.2 Å². The molecule has 0 saturated carbocycles. The van der Waals surface area contributed by atoms with Crippen LogP contribution in [-0.2, 0) is 17.9 Å². The van der Waals surface area contributed by atoms with E-state index in [0.29, 0.717) is 11.9 Å². The molecule has 1 aromatic carbocycles. The van der Waals surface area contributed by atoms with Crippen LogP contribution in [-0.4, -0.2) is 60.9 Å². The average molecular weight is 301 g/mol. The van der Waals surface area contributed by atoms with Crippen molar-refractivity contribution in [1.82, 2.24) is 14.7 Å². The highest BCUT2D eigenvalue weighted by Crippen LogP contribution is 2.27. The lowest BCUT2D eigenvalue weighted by Crippen LogP contribution is -2.39. The van der Waals surface area contributed by atoms with Crippen LogP contribution in [0, 0.1) is 5.92 Å². The molecule has 2 aliphatic heterocycles. The first-order chi connectivity index (χ1) is 10.5. The summed E-state index contributed by atoms with van der Waals surface area (Å²) in [5.74, 6) is 0.478. The topological polar surface area (TPSA) is 26.8 Å². The van der Waals surface area contributed by atoms with E-state index in [-0.39, 0.29) is 5.92 Å². The van der Waals surface area contributed by atoms with Gasteiger partial charge in [0.05, 0.1) is 5.92 Å². The molecule has 1 saturated heterocycles. The number of amides is 1. The Morgan fingerprint density at radius 3 is 2.32 bits per heavy atom. The van der Waals surface area contributed by atoms with E-state index in [1.165, 1.54) is 11.1 Å². The third-order valence-corrected chi connectivity index (χ3v) is 5.13. The van der Waals surface area contributed by atoms with Crippen LogP contribution < -0.4 is 0 Å². The van der Waals surface area contributed by atoms with Gasteiger partial charge in [0.1, 0.15) is 0 Å². The summed E-state index contributed by atoms with van der Waals surface area (Å²) in [5.41, 5.74) is 2.62. The molecule has 0 radical (unpaired) electrons. The fourth-order valence-electron chi connectivity index (χ4n) is 3.76. The Morgan fingerprint density at radius 1 is 1.09 bits per heavy atom. The van der Waals surface area contributed by atoms with Gasteiger partial charge in [-0.1, -0.05) is 24.3 Å². The van der Waals surface area contributed by atoms with E-state index in [1.54, 1.807) is 0 Å². The quantitative estimate of drug-likeness (QED) is 0.833. The molecule has 22 heavy (non-hydrogen) atoms. The third kappa shape index (κ3) is 3.18. The first kappa shape index (κ1) is 15.5. The maximum absolute atomic E-state index is 12.9. The minimum atomic E-state index is 0.143. The van der Waals surface area contributed by atoms with Gasteiger partial charge in [-0.25, -0.2) is 0 Å². The molecule has 2 aliphatic rings. The van der Waals surface area contributed by atoms with Crippen LogP contribution in [0.1, 0.15) is 24.0 Å². The van der Waals surface area contributed by atoms with Crippen molar-refractivity contribution in [3.63, 3.8) is 0 Å². The summed E-state index contributed by atoms with van der Waals surface area (Å²) >= 11 is 0. The summed E-state index contributed by atoms with van der Waals surface area (Å²) in [5, 5.41) is 0. The molecular formula is C18H27N3O. The molecule has 120 valence electrons. The number of rotatable bonds is 2. The minimum absolute atomic E-state index is 0.143. The van der Waals surface area contributed by atoms with E-state index >= 15 is 0 Å². The fourth-order valence-corrected chi connectivity index (χ4v) is 3.76. The van der Waals surface area contributed by atoms with Crippen molar-refractivity contribution >= 4 is 5.91 Å². The zero-order chi connectivity index (χ0) is 15.7. The summed E-state index contributed by atoms with van der Waals surface area (Å²) in [6, 6.07) is 8.97. The summed E-state index contributed by atoms with van der Waals surface area (Å²) in [4.78, 5) is 19.6. The zero-order valence-electron chi connectivity index (χ0n) is 14.0. The Bertz CT molecular complexity index is 518. The van der Waals surface area contributed by atoms with Gasteiger partial charge >= 0.3 is 0 Å². The number of nitrogens with zero attached hydrogens (tertiary/aromatic N) is 3. The zero-order valence-corrected chi connectivity index (χ0v) is 14.0. The highest BCUT2D eigenvalue weighted by molar-refractivity contribution is 5.79. The molecule has 0 bridgehead atoms. The summed E-state index contributed by atoms with van der Waals surface area (Å²) < 4.78 is 0. The van der Waals surface area contributed by atoms with Gasteiger partial charge in [0.25, 0.3) is 0 Å². The van der Waals surface area contributed by atoms with Gasteiger partial charge in [-0.05, 0) is 45.1 Å². The standard InChI is InChI=1S/C18H27N3O/c1-19(2)17-9-8-16(10-20(3)13-17)18(22)21-11-14-6-4-5-7-15(14)12-21/h4-7,16-17H,8-13H2,1-3H3/t16-,17+/m1/s1. The van der Waals surface area contributed by atoms with Crippen LogP contribution >= 0.6 is 0 Å². The first-order valence-electron chi connectivity index (χ1n) is 8.25. The molecule has 2 heterocycles. The van der Waals surface area contributed by atoms with Crippen LogP contribution in [0.15, 0.2) is 24.3 Å². The highest BCUT2D eigenvalue weighted by atomic mass is 16.2. The van der Waals surface area contributed by atoms with Gasteiger partial charge in [-0.2, -0.15) is 0 Å². The van der Waals surface area contributed by atoms with E-state index in [4.69, 9.17) is 0 Å². The minimum Gasteiger partial charge on any atom is -0.334 e. The summed E-state index contributed by atoms with van der Waals surface area (Å²) in [6.07, 6.45) is 2.10. The smallest absolute Gasteiger partial charge is 0.227 e. The SMILES string of the molecule is CN1C[C@H](C(=O)N2Cc3ccccc3C2)CC[C@H](N(C)C)C1. The largest absolute Gasteiger partial charge is 0.334 e. The number of carbonyl (C=O) groups excluding carboxylic acids is 1. The van der Waals surface area contributed by atoms with Gasteiger partial charge in [-0.3, -0.25) is 4.79 Å². The molecule has 0 aliphatic carbocycles. The molecule has 3 rings (SSSR count). The molecule has 4 nitrogen and oxygen atoms in total. The Morgan fingerprint density at radius 2 is 1.73 bits per heavy atom. The van der Waals surface area contributed by atoms with Crippen LogP contribution in [0.4, 0.5) is 0 Å². The van der Waals surface area contributed by atoms with E-state index in [1.807, 2.05) is 4.90 Å².